The second-order valence-corrected chi connectivity index (χ2v) is 9.13. The van der Waals surface area contributed by atoms with Crippen LogP contribution in [-0.4, -0.2) is 82.7 Å². The average molecular weight is 667 g/mol. The molecule has 0 aliphatic rings. The first-order valence-electron chi connectivity index (χ1n) is 13.7. The fraction of sp³-hybridized carbons (Fsp3) is 0.212. The summed E-state index contributed by atoms with van der Waals surface area (Å²) < 4.78 is 23.7. The van der Waals surface area contributed by atoms with Crippen LogP contribution in [0.2, 0.25) is 0 Å². The lowest BCUT2D eigenvalue weighted by atomic mass is 10.0. The molecule has 4 aromatic rings. The molecule has 15 heteroatoms. The van der Waals surface area contributed by atoms with Crippen molar-refractivity contribution in [1.29, 1.82) is 0 Å². The summed E-state index contributed by atoms with van der Waals surface area (Å²) in [6.07, 6.45) is 5.92. The molecule has 48 heavy (non-hydrogen) atoms. The number of aromatic hydroxyl groups is 1. The van der Waals surface area contributed by atoms with Crippen LogP contribution in [-0.2, 0) is 34.0 Å². The molecule has 0 saturated carbocycles. The molecule has 254 valence electrons. The Morgan fingerprint density at radius 2 is 1.02 bits per heavy atom. The molecule has 0 saturated heterocycles. The van der Waals surface area contributed by atoms with Crippen molar-refractivity contribution in [2.75, 3.05) is 28.4 Å². The predicted octanol–water partition coefficient (Wildman–Crippen LogP) is 2.62. The molecule has 0 unspecified atom stereocenters. The summed E-state index contributed by atoms with van der Waals surface area (Å²) in [7, 11) is 5.17. The zero-order chi connectivity index (χ0) is 35.6. The molecule has 0 spiro atoms. The van der Waals surface area contributed by atoms with Crippen molar-refractivity contribution in [3.8, 4) is 17.2 Å². The van der Waals surface area contributed by atoms with Crippen molar-refractivity contribution in [1.82, 2.24) is 9.97 Å². The topological polar surface area (TPSA) is 221 Å². The van der Waals surface area contributed by atoms with Crippen LogP contribution >= 0.6 is 0 Å². The molecule has 0 radical (unpaired) electrons. The fourth-order valence-electron chi connectivity index (χ4n) is 3.77. The standard InChI is InChI=1S/C16H15NO6.C10H12O5.C7H7NO2/c1-22-15(20)11-5-12(8-18)14(13(6-11)9-19)23-16(21)10-3-2-4-17-7-10;1-14-8-4-6(10(13)15-2)3-7(5-11)9(8)12;1-10-7(9)6-3-2-4-8-5-6/h2-7,18-19H,8-9H2,1H3;3-4,11-12H,5H2,1-2H3;2-5H,1H3. The van der Waals surface area contributed by atoms with Crippen LogP contribution < -0.4 is 9.47 Å². The zero-order valence-corrected chi connectivity index (χ0v) is 26.4. The Hall–Kier alpha value is -5.90. The average Bonchev–Trinajstić information content (AvgIpc) is 3.14. The molecule has 2 aromatic heterocycles. The maximum Gasteiger partial charge on any atom is 0.345 e. The van der Waals surface area contributed by atoms with Crippen molar-refractivity contribution < 1.29 is 63.3 Å². The monoisotopic (exact) mass is 666 g/mol. The molecule has 0 amide bonds. The highest BCUT2D eigenvalue weighted by Gasteiger charge is 2.19. The minimum absolute atomic E-state index is 0.0107. The number of carbonyl (C=O) groups excluding carboxylic acids is 4. The number of carbonyl (C=O) groups is 4. The summed E-state index contributed by atoms with van der Waals surface area (Å²) in [4.78, 5) is 53.3. The molecule has 0 aliphatic carbocycles. The van der Waals surface area contributed by atoms with E-state index in [-0.39, 0.29) is 63.2 Å². The lowest BCUT2D eigenvalue weighted by Crippen LogP contribution is -2.13. The molecule has 0 atom stereocenters. The number of pyridine rings is 2. The number of aliphatic hydroxyl groups is 3. The number of benzene rings is 2. The molecular formula is C33H34N2O13. The van der Waals surface area contributed by atoms with E-state index < -0.39 is 31.1 Å². The van der Waals surface area contributed by atoms with E-state index in [1.54, 1.807) is 24.4 Å². The number of ether oxygens (including phenoxy) is 5. The number of methoxy groups -OCH3 is 4. The zero-order valence-electron chi connectivity index (χ0n) is 26.4. The van der Waals surface area contributed by atoms with Gasteiger partial charge in [0.15, 0.2) is 11.5 Å². The highest BCUT2D eigenvalue weighted by atomic mass is 16.5. The van der Waals surface area contributed by atoms with Gasteiger partial charge in [-0.25, -0.2) is 19.2 Å². The van der Waals surface area contributed by atoms with Gasteiger partial charge in [0, 0.05) is 41.5 Å². The van der Waals surface area contributed by atoms with Crippen LogP contribution in [0.4, 0.5) is 0 Å². The molecule has 0 bridgehead atoms. The minimum atomic E-state index is -0.687. The number of hydrogen-bond donors (Lipinski definition) is 4. The predicted molar refractivity (Wildman–Crippen MR) is 166 cm³/mol. The Bertz CT molecular complexity index is 1630. The van der Waals surface area contributed by atoms with Gasteiger partial charge in [0.2, 0.25) is 0 Å². The first kappa shape index (κ1) is 38.3. The molecule has 2 heterocycles. The first-order valence-corrected chi connectivity index (χ1v) is 13.7. The summed E-state index contributed by atoms with van der Waals surface area (Å²) >= 11 is 0. The molecule has 4 N–H and O–H groups in total. The van der Waals surface area contributed by atoms with Crippen LogP contribution in [0.25, 0.3) is 0 Å². The van der Waals surface area contributed by atoms with Gasteiger partial charge in [-0.2, -0.15) is 0 Å². The quantitative estimate of drug-likeness (QED) is 0.115. The molecule has 4 rings (SSSR count). The number of aromatic nitrogens is 2. The van der Waals surface area contributed by atoms with E-state index in [1.165, 1.54) is 77.4 Å². The van der Waals surface area contributed by atoms with Gasteiger partial charge < -0.3 is 44.1 Å². The van der Waals surface area contributed by atoms with Crippen molar-refractivity contribution in [2.24, 2.45) is 0 Å². The Labute approximate surface area is 274 Å². The summed E-state index contributed by atoms with van der Waals surface area (Å²) in [6.45, 7) is -1.34. The van der Waals surface area contributed by atoms with E-state index in [0.29, 0.717) is 5.56 Å². The van der Waals surface area contributed by atoms with Crippen LogP contribution in [0, 0.1) is 0 Å². The molecule has 0 aliphatic heterocycles. The lowest BCUT2D eigenvalue weighted by molar-refractivity contribution is 0.0591. The van der Waals surface area contributed by atoms with E-state index >= 15 is 0 Å². The fourth-order valence-corrected chi connectivity index (χ4v) is 3.77. The maximum atomic E-state index is 12.1. The van der Waals surface area contributed by atoms with Gasteiger partial charge in [0.25, 0.3) is 0 Å². The Balaban J connectivity index is 0.000000274. The Morgan fingerprint density at radius 1 is 0.604 bits per heavy atom. The Kier molecular flexibility index (Phi) is 15.6. The minimum Gasteiger partial charge on any atom is -0.504 e. The largest absolute Gasteiger partial charge is 0.504 e. The van der Waals surface area contributed by atoms with E-state index in [9.17, 15) is 34.5 Å². The number of aliphatic hydroxyl groups excluding tert-OH is 3. The van der Waals surface area contributed by atoms with Crippen molar-refractivity contribution in [3.05, 3.63) is 112 Å². The number of esters is 4. The van der Waals surface area contributed by atoms with Gasteiger partial charge in [-0.1, -0.05) is 0 Å². The molecule has 0 fully saturated rings. The smallest absolute Gasteiger partial charge is 0.345 e. The van der Waals surface area contributed by atoms with E-state index in [1.807, 2.05) is 0 Å². The van der Waals surface area contributed by atoms with Crippen molar-refractivity contribution in [2.45, 2.75) is 19.8 Å². The second kappa shape index (κ2) is 19.6. The number of rotatable bonds is 9. The van der Waals surface area contributed by atoms with Crippen LogP contribution in [0.5, 0.6) is 17.2 Å². The van der Waals surface area contributed by atoms with Gasteiger partial charge in [-0.05, 0) is 48.5 Å². The van der Waals surface area contributed by atoms with E-state index in [2.05, 4.69) is 24.2 Å². The van der Waals surface area contributed by atoms with Crippen molar-refractivity contribution >= 4 is 23.9 Å². The van der Waals surface area contributed by atoms with Crippen LogP contribution in [0.15, 0.2) is 73.3 Å². The van der Waals surface area contributed by atoms with Gasteiger partial charge in [-0.15, -0.1) is 0 Å². The third kappa shape index (κ3) is 10.6. The van der Waals surface area contributed by atoms with Gasteiger partial charge in [0.05, 0.1) is 70.5 Å². The highest BCUT2D eigenvalue weighted by molar-refractivity contribution is 5.93. The van der Waals surface area contributed by atoms with Gasteiger partial charge in [0.1, 0.15) is 5.75 Å². The number of nitrogens with zero attached hydrogens (tertiary/aromatic N) is 2. The summed E-state index contributed by atoms with van der Waals surface area (Å²) in [5.41, 5.74) is 1.65. The van der Waals surface area contributed by atoms with Gasteiger partial charge in [-0.3, -0.25) is 9.97 Å². The first-order chi connectivity index (χ1) is 23.1. The molecular weight excluding hydrogens is 632 g/mol. The molecule has 15 nitrogen and oxygen atoms in total. The summed E-state index contributed by atoms with van der Waals surface area (Å²) in [6, 6.07) is 11.8. The SMILES string of the molecule is COC(=O)c1cc(CO)c(O)c(OC)c1.COC(=O)c1cc(CO)c(OC(=O)c2cccnc2)c(CO)c1.COC(=O)c1cccnc1. The third-order valence-electron chi connectivity index (χ3n) is 6.14. The lowest BCUT2D eigenvalue weighted by Gasteiger charge is -2.14. The van der Waals surface area contributed by atoms with Crippen LogP contribution in [0.3, 0.4) is 0 Å². The summed E-state index contributed by atoms with van der Waals surface area (Å²) in [5.74, 6) is -2.25. The molecule has 2 aromatic carbocycles. The highest BCUT2D eigenvalue weighted by Crippen LogP contribution is 2.32. The van der Waals surface area contributed by atoms with E-state index in [0.717, 1.165) is 0 Å². The third-order valence-corrected chi connectivity index (χ3v) is 6.14. The van der Waals surface area contributed by atoms with E-state index in [4.69, 9.17) is 14.6 Å². The normalized spacial score (nSPS) is 9.81. The number of phenols is 1. The van der Waals surface area contributed by atoms with Crippen LogP contribution in [0.1, 0.15) is 58.1 Å². The maximum absolute atomic E-state index is 12.1. The second-order valence-electron chi connectivity index (χ2n) is 9.13. The number of hydrogen-bond acceptors (Lipinski definition) is 15. The summed E-state index contributed by atoms with van der Waals surface area (Å²) in [5, 5.41) is 37.4. The Morgan fingerprint density at radius 3 is 1.42 bits per heavy atom. The van der Waals surface area contributed by atoms with Crippen molar-refractivity contribution in [3.63, 3.8) is 0 Å². The van der Waals surface area contributed by atoms with Gasteiger partial charge >= 0.3 is 23.9 Å².